The summed E-state index contributed by atoms with van der Waals surface area (Å²) >= 11 is 5.87. The summed E-state index contributed by atoms with van der Waals surface area (Å²) in [5.41, 5.74) is 1.57. The van der Waals surface area contributed by atoms with Gasteiger partial charge in [0.1, 0.15) is 24.5 Å². The maximum Gasteiger partial charge on any atom is 0.328 e. The van der Waals surface area contributed by atoms with Gasteiger partial charge >= 0.3 is 5.97 Å². The number of esters is 1. The molecule has 0 aliphatic rings. The smallest absolute Gasteiger partial charge is 0.328 e. The number of carbonyl (C=O) groups is 1. The van der Waals surface area contributed by atoms with Crippen LogP contribution in [0.1, 0.15) is 5.56 Å². The molecule has 3 rings (SSSR count). The van der Waals surface area contributed by atoms with Crippen molar-refractivity contribution in [3.63, 3.8) is 0 Å². The predicted molar refractivity (Wildman–Crippen MR) is 78.7 cm³/mol. The standard InChI is InChI=1S/C15H11ClFN3O2/c16-11-4-3-5-12(17)10(11)9-22-15(21)8-20-14-7-2-1-6-13(14)18-19-20/h1-7H,8-9H2. The van der Waals surface area contributed by atoms with Crippen molar-refractivity contribution in [1.82, 2.24) is 15.0 Å². The van der Waals surface area contributed by atoms with Gasteiger partial charge in [-0.2, -0.15) is 0 Å². The van der Waals surface area contributed by atoms with Gasteiger partial charge in [0.25, 0.3) is 0 Å². The van der Waals surface area contributed by atoms with Crippen molar-refractivity contribution in [2.45, 2.75) is 13.2 Å². The van der Waals surface area contributed by atoms with Crippen LogP contribution in [0.3, 0.4) is 0 Å². The lowest BCUT2D eigenvalue weighted by Gasteiger charge is -2.07. The van der Waals surface area contributed by atoms with E-state index in [1.54, 1.807) is 18.2 Å². The van der Waals surface area contributed by atoms with Crippen LogP contribution in [0.15, 0.2) is 42.5 Å². The van der Waals surface area contributed by atoms with E-state index in [0.717, 1.165) is 5.52 Å². The molecule has 0 amide bonds. The monoisotopic (exact) mass is 319 g/mol. The molecular weight excluding hydrogens is 309 g/mol. The lowest BCUT2D eigenvalue weighted by atomic mass is 10.2. The molecule has 0 fully saturated rings. The van der Waals surface area contributed by atoms with E-state index in [4.69, 9.17) is 16.3 Å². The van der Waals surface area contributed by atoms with Gasteiger partial charge in [-0.1, -0.05) is 35.0 Å². The van der Waals surface area contributed by atoms with E-state index in [0.29, 0.717) is 5.52 Å². The molecule has 2 aromatic carbocycles. The highest BCUT2D eigenvalue weighted by Gasteiger charge is 2.12. The molecule has 0 atom stereocenters. The van der Waals surface area contributed by atoms with E-state index >= 15 is 0 Å². The summed E-state index contributed by atoms with van der Waals surface area (Å²) in [5, 5.41) is 8.05. The molecule has 22 heavy (non-hydrogen) atoms. The molecule has 5 nitrogen and oxygen atoms in total. The minimum atomic E-state index is -0.546. The van der Waals surface area contributed by atoms with Crippen LogP contribution >= 0.6 is 11.6 Å². The molecule has 0 aliphatic carbocycles. The Bertz CT molecular complexity index is 814. The summed E-state index contributed by atoms with van der Waals surface area (Å²) in [6, 6.07) is 11.6. The average molecular weight is 320 g/mol. The van der Waals surface area contributed by atoms with Gasteiger partial charge in [-0.25, -0.2) is 9.07 Å². The minimum Gasteiger partial charge on any atom is -0.459 e. The van der Waals surface area contributed by atoms with Gasteiger partial charge in [0.2, 0.25) is 0 Å². The zero-order valence-corrected chi connectivity index (χ0v) is 12.1. The molecule has 0 unspecified atom stereocenters. The largest absolute Gasteiger partial charge is 0.459 e. The number of nitrogens with zero attached hydrogens (tertiary/aromatic N) is 3. The van der Waals surface area contributed by atoms with Crippen LogP contribution in [-0.4, -0.2) is 21.0 Å². The number of carbonyl (C=O) groups excluding carboxylic acids is 1. The Morgan fingerprint density at radius 3 is 2.86 bits per heavy atom. The third-order valence-electron chi connectivity index (χ3n) is 3.14. The first-order chi connectivity index (χ1) is 10.6. The van der Waals surface area contributed by atoms with Crippen molar-refractivity contribution in [1.29, 1.82) is 0 Å². The minimum absolute atomic E-state index is 0.105. The summed E-state index contributed by atoms with van der Waals surface area (Å²) in [6.45, 7) is -0.330. The van der Waals surface area contributed by atoms with Crippen LogP contribution in [-0.2, 0) is 22.7 Å². The lowest BCUT2D eigenvalue weighted by molar-refractivity contribution is -0.145. The predicted octanol–water partition coefficient (Wildman–Crippen LogP) is 2.97. The Kier molecular flexibility index (Phi) is 4.02. The zero-order chi connectivity index (χ0) is 15.5. The number of rotatable bonds is 4. The van der Waals surface area contributed by atoms with E-state index in [2.05, 4.69) is 10.3 Å². The number of aromatic nitrogens is 3. The van der Waals surface area contributed by atoms with E-state index in [9.17, 15) is 9.18 Å². The van der Waals surface area contributed by atoms with E-state index < -0.39 is 11.8 Å². The highest BCUT2D eigenvalue weighted by molar-refractivity contribution is 6.31. The molecule has 3 aromatic rings. The number of hydrogen-bond donors (Lipinski definition) is 0. The van der Waals surface area contributed by atoms with Gasteiger partial charge in [0, 0.05) is 5.56 Å². The second kappa shape index (κ2) is 6.11. The second-order valence-corrected chi connectivity index (χ2v) is 5.00. The van der Waals surface area contributed by atoms with Crippen LogP contribution in [0.4, 0.5) is 4.39 Å². The molecule has 0 saturated carbocycles. The number of halogens is 2. The summed E-state index contributed by atoms with van der Waals surface area (Å²) in [5.74, 6) is -1.05. The van der Waals surface area contributed by atoms with Crippen molar-refractivity contribution in [3.05, 3.63) is 58.9 Å². The number of para-hydroxylation sites is 1. The number of hydrogen-bond acceptors (Lipinski definition) is 4. The fourth-order valence-electron chi connectivity index (χ4n) is 2.02. The first-order valence-corrected chi connectivity index (χ1v) is 6.89. The SMILES string of the molecule is O=C(Cn1nnc2ccccc21)OCc1c(F)cccc1Cl. The highest BCUT2D eigenvalue weighted by atomic mass is 35.5. The Labute approximate surface area is 130 Å². The zero-order valence-electron chi connectivity index (χ0n) is 11.4. The van der Waals surface area contributed by atoms with Crippen molar-refractivity contribution in [2.75, 3.05) is 0 Å². The number of benzene rings is 2. The topological polar surface area (TPSA) is 57.0 Å². The van der Waals surface area contributed by atoms with Gasteiger partial charge in [0.05, 0.1) is 10.5 Å². The lowest BCUT2D eigenvalue weighted by Crippen LogP contribution is -2.15. The molecule has 112 valence electrons. The Balaban J connectivity index is 1.68. The fourth-order valence-corrected chi connectivity index (χ4v) is 2.24. The second-order valence-electron chi connectivity index (χ2n) is 4.60. The third kappa shape index (κ3) is 2.92. The Morgan fingerprint density at radius 2 is 2.05 bits per heavy atom. The molecule has 0 aliphatic heterocycles. The van der Waals surface area contributed by atoms with Gasteiger partial charge in [-0.3, -0.25) is 4.79 Å². The third-order valence-corrected chi connectivity index (χ3v) is 3.49. The van der Waals surface area contributed by atoms with Crippen molar-refractivity contribution >= 4 is 28.6 Å². The van der Waals surface area contributed by atoms with Crippen LogP contribution in [0, 0.1) is 5.82 Å². The molecule has 1 heterocycles. The van der Waals surface area contributed by atoms with Gasteiger partial charge in [-0.05, 0) is 24.3 Å². The quantitative estimate of drug-likeness (QED) is 0.694. The van der Waals surface area contributed by atoms with E-state index in [1.165, 1.54) is 16.8 Å². The average Bonchev–Trinajstić information content (AvgIpc) is 2.90. The Morgan fingerprint density at radius 1 is 1.23 bits per heavy atom. The summed E-state index contributed by atoms with van der Waals surface area (Å²) in [4.78, 5) is 11.9. The Hall–Kier alpha value is -2.47. The molecular formula is C15H11ClFN3O2. The van der Waals surface area contributed by atoms with Crippen LogP contribution in [0.2, 0.25) is 5.02 Å². The molecule has 0 N–H and O–H groups in total. The first kappa shape index (κ1) is 14.5. The maximum atomic E-state index is 13.6. The van der Waals surface area contributed by atoms with Crippen LogP contribution in [0.5, 0.6) is 0 Å². The molecule has 0 radical (unpaired) electrons. The summed E-state index contributed by atoms with van der Waals surface area (Å²) in [7, 11) is 0. The van der Waals surface area contributed by atoms with Gasteiger partial charge in [-0.15, -0.1) is 5.10 Å². The molecule has 1 aromatic heterocycles. The van der Waals surface area contributed by atoms with Crippen LogP contribution < -0.4 is 0 Å². The molecule has 0 saturated heterocycles. The summed E-state index contributed by atoms with van der Waals surface area (Å²) in [6.07, 6.45) is 0. The van der Waals surface area contributed by atoms with E-state index in [1.807, 2.05) is 12.1 Å². The first-order valence-electron chi connectivity index (χ1n) is 6.52. The van der Waals surface area contributed by atoms with E-state index in [-0.39, 0.29) is 23.7 Å². The normalized spacial score (nSPS) is 10.8. The number of fused-ring (bicyclic) bond motifs is 1. The summed E-state index contributed by atoms with van der Waals surface area (Å²) < 4.78 is 20.1. The van der Waals surface area contributed by atoms with Crippen LogP contribution in [0.25, 0.3) is 11.0 Å². The molecule has 0 bridgehead atoms. The molecule has 0 spiro atoms. The molecule has 7 heteroatoms. The van der Waals surface area contributed by atoms with Crippen molar-refractivity contribution in [3.8, 4) is 0 Å². The van der Waals surface area contributed by atoms with Crippen molar-refractivity contribution < 1.29 is 13.9 Å². The van der Waals surface area contributed by atoms with Crippen molar-refractivity contribution in [2.24, 2.45) is 0 Å². The highest BCUT2D eigenvalue weighted by Crippen LogP contribution is 2.20. The number of ether oxygens (including phenoxy) is 1. The fraction of sp³-hybridized carbons (Fsp3) is 0.133. The van der Waals surface area contributed by atoms with Gasteiger partial charge in [0.15, 0.2) is 0 Å². The maximum absolute atomic E-state index is 13.6. The van der Waals surface area contributed by atoms with Gasteiger partial charge < -0.3 is 4.74 Å².